The molecule has 0 saturated heterocycles. The van der Waals surface area contributed by atoms with E-state index in [4.69, 9.17) is 21.1 Å². The average molecular weight is 371 g/mol. The maximum absolute atomic E-state index is 11.9. The summed E-state index contributed by atoms with van der Waals surface area (Å²) < 4.78 is 11.4. The second-order valence-electron chi connectivity index (χ2n) is 4.11. The molecule has 21 heavy (non-hydrogen) atoms. The third kappa shape index (κ3) is 4.37. The zero-order valence-corrected chi connectivity index (χ0v) is 13.6. The van der Waals surface area contributed by atoms with Gasteiger partial charge in [-0.25, -0.2) is 0 Å². The molecule has 0 bridgehead atoms. The number of halogens is 2. The Morgan fingerprint density at radius 3 is 2.71 bits per heavy atom. The van der Waals surface area contributed by atoms with Crippen LogP contribution in [0, 0.1) is 0 Å². The molecule has 6 heteroatoms. The number of rotatable bonds is 5. The zero-order valence-electron chi connectivity index (χ0n) is 11.2. The van der Waals surface area contributed by atoms with Crippen LogP contribution in [0.5, 0.6) is 11.5 Å². The number of carbonyl (C=O) groups is 1. The van der Waals surface area contributed by atoms with Gasteiger partial charge < -0.3 is 14.8 Å². The van der Waals surface area contributed by atoms with Crippen LogP contribution in [0.3, 0.4) is 0 Å². The van der Waals surface area contributed by atoms with Gasteiger partial charge in [-0.05, 0) is 46.3 Å². The van der Waals surface area contributed by atoms with Crippen molar-refractivity contribution in [1.82, 2.24) is 0 Å². The highest BCUT2D eigenvalue weighted by atomic mass is 79.9. The Morgan fingerprint density at radius 2 is 2.00 bits per heavy atom. The maximum Gasteiger partial charge on any atom is 0.262 e. The van der Waals surface area contributed by atoms with Crippen LogP contribution in [0.1, 0.15) is 0 Å². The predicted molar refractivity (Wildman–Crippen MR) is 86.3 cm³/mol. The lowest BCUT2D eigenvalue weighted by Gasteiger charge is -2.11. The molecule has 2 rings (SSSR count). The van der Waals surface area contributed by atoms with E-state index < -0.39 is 0 Å². The first-order chi connectivity index (χ1) is 10.1. The van der Waals surface area contributed by atoms with E-state index >= 15 is 0 Å². The summed E-state index contributed by atoms with van der Waals surface area (Å²) in [5.74, 6) is 0.839. The van der Waals surface area contributed by atoms with Crippen LogP contribution < -0.4 is 14.8 Å². The molecule has 4 nitrogen and oxygen atoms in total. The zero-order chi connectivity index (χ0) is 15.2. The highest BCUT2D eigenvalue weighted by Crippen LogP contribution is 2.28. The van der Waals surface area contributed by atoms with Gasteiger partial charge in [0.05, 0.1) is 17.3 Å². The van der Waals surface area contributed by atoms with E-state index in [9.17, 15) is 4.79 Å². The first kappa shape index (κ1) is 15.7. The summed E-state index contributed by atoms with van der Waals surface area (Å²) in [5, 5.41) is 3.22. The van der Waals surface area contributed by atoms with E-state index in [2.05, 4.69) is 21.2 Å². The Kier molecular flexibility index (Phi) is 5.47. The molecule has 1 N–H and O–H groups in total. The minimum atomic E-state index is -0.300. The molecule has 0 atom stereocenters. The molecule has 0 spiro atoms. The third-order valence-electron chi connectivity index (χ3n) is 2.63. The van der Waals surface area contributed by atoms with Gasteiger partial charge in [0.15, 0.2) is 6.61 Å². The summed E-state index contributed by atoms with van der Waals surface area (Å²) in [6, 6.07) is 12.3. The van der Waals surface area contributed by atoms with Crippen molar-refractivity contribution in [2.24, 2.45) is 0 Å². The summed E-state index contributed by atoms with van der Waals surface area (Å²) in [7, 11) is 1.52. The molecule has 0 saturated carbocycles. The van der Waals surface area contributed by atoms with Gasteiger partial charge in [0.25, 0.3) is 5.91 Å². The number of carbonyl (C=O) groups excluding carboxylic acids is 1. The number of methoxy groups -OCH3 is 1. The van der Waals surface area contributed by atoms with E-state index in [0.717, 1.165) is 4.47 Å². The van der Waals surface area contributed by atoms with Gasteiger partial charge in [-0.15, -0.1) is 0 Å². The third-order valence-corrected chi connectivity index (χ3v) is 3.52. The molecule has 0 fully saturated rings. The van der Waals surface area contributed by atoms with Crippen molar-refractivity contribution in [3.05, 3.63) is 52.0 Å². The Bertz CT molecular complexity index is 649. The van der Waals surface area contributed by atoms with Crippen molar-refractivity contribution < 1.29 is 14.3 Å². The van der Waals surface area contributed by atoms with E-state index in [1.165, 1.54) is 7.11 Å². The number of anilines is 1. The first-order valence-corrected chi connectivity index (χ1v) is 7.28. The van der Waals surface area contributed by atoms with Crippen LogP contribution in [0.4, 0.5) is 5.69 Å². The Balaban J connectivity index is 1.99. The normalized spacial score (nSPS) is 10.0. The number of benzene rings is 2. The standard InChI is InChI=1S/C15H13BrClNO3/c1-20-14-7-6-10(17)8-12(14)18-15(19)9-21-13-5-3-2-4-11(13)16/h2-8H,9H2,1H3,(H,18,19). The maximum atomic E-state index is 11.9. The molecule has 0 aliphatic heterocycles. The quantitative estimate of drug-likeness (QED) is 0.861. The topological polar surface area (TPSA) is 47.6 Å². The highest BCUT2D eigenvalue weighted by Gasteiger charge is 2.09. The van der Waals surface area contributed by atoms with E-state index in [1.807, 2.05) is 18.2 Å². The molecule has 0 aliphatic rings. The van der Waals surface area contributed by atoms with Gasteiger partial charge in [-0.2, -0.15) is 0 Å². The van der Waals surface area contributed by atoms with Crippen molar-refractivity contribution in [1.29, 1.82) is 0 Å². The van der Waals surface area contributed by atoms with E-state index in [-0.39, 0.29) is 12.5 Å². The van der Waals surface area contributed by atoms with Gasteiger partial charge in [-0.3, -0.25) is 4.79 Å². The molecule has 0 heterocycles. The monoisotopic (exact) mass is 369 g/mol. The molecule has 0 aliphatic carbocycles. The number of hydrogen-bond acceptors (Lipinski definition) is 3. The van der Waals surface area contributed by atoms with Crippen LogP contribution in [0.2, 0.25) is 5.02 Å². The second kappa shape index (κ2) is 7.33. The van der Waals surface area contributed by atoms with E-state index in [1.54, 1.807) is 24.3 Å². The smallest absolute Gasteiger partial charge is 0.262 e. The fourth-order valence-electron chi connectivity index (χ4n) is 1.67. The Labute approximate surface area is 136 Å². The molecule has 0 aromatic heterocycles. The lowest BCUT2D eigenvalue weighted by atomic mass is 10.3. The molecule has 2 aromatic carbocycles. The SMILES string of the molecule is COc1ccc(Cl)cc1NC(=O)COc1ccccc1Br. The largest absolute Gasteiger partial charge is 0.495 e. The number of nitrogens with one attached hydrogen (secondary N) is 1. The summed E-state index contributed by atoms with van der Waals surface area (Å²) in [6.45, 7) is -0.113. The van der Waals surface area contributed by atoms with E-state index in [0.29, 0.717) is 22.2 Å². The van der Waals surface area contributed by atoms with Gasteiger partial charge >= 0.3 is 0 Å². The molecule has 110 valence electrons. The summed E-state index contributed by atoms with van der Waals surface area (Å²) in [5.41, 5.74) is 0.505. The fraction of sp³-hybridized carbons (Fsp3) is 0.133. The summed E-state index contributed by atoms with van der Waals surface area (Å²) in [6.07, 6.45) is 0. The van der Waals surface area contributed by atoms with Gasteiger partial charge in [0, 0.05) is 5.02 Å². The lowest BCUT2D eigenvalue weighted by molar-refractivity contribution is -0.118. The van der Waals surface area contributed by atoms with Crippen molar-refractivity contribution in [2.75, 3.05) is 19.0 Å². The van der Waals surface area contributed by atoms with Crippen molar-refractivity contribution in [3.63, 3.8) is 0 Å². The van der Waals surface area contributed by atoms with Crippen LogP contribution >= 0.6 is 27.5 Å². The van der Waals surface area contributed by atoms with Crippen LogP contribution in [0.25, 0.3) is 0 Å². The van der Waals surface area contributed by atoms with Crippen LogP contribution in [-0.2, 0) is 4.79 Å². The number of amides is 1. The number of para-hydroxylation sites is 1. The van der Waals surface area contributed by atoms with Crippen LogP contribution in [-0.4, -0.2) is 19.6 Å². The first-order valence-electron chi connectivity index (χ1n) is 6.11. The highest BCUT2D eigenvalue weighted by molar-refractivity contribution is 9.10. The van der Waals surface area contributed by atoms with Crippen molar-refractivity contribution >= 4 is 39.1 Å². The average Bonchev–Trinajstić information content (AvgIpc) is 2.47. The number of hydrogen-bond donors (Lipinski definition) is 1. The molecule has 2 aromatic rings. The fourth-order valence-corrected chi connectivity index (χ4v) is 2.24. The molecule has 1 amide bonds. The predicted octanol–water partition coefficient (Wildman–Crippen LogP) is 4.13. The number of ether oxygens (including phenoxy) is 2. The summed E-state index contributed by atoms with van der Waals surface area (Å²) >= 11 is 9.26. The minimum absolute atomic E-state index is 0.113. The minimum Gasteiger partial charge on any atom is -0.495 e. The van der Waals surface area contributed by atoms with Crippen molar-refractivity contribution in [2.45, 2.75) is 0 Å². The molecular formula is C15H13BrClNO3. The Hall–Kier alpha value is -1.72. The molecular weight excluding hydrogens is 358 g/mol. The molecule has 0 unspecified atom stereocenters. The second-order valence-corrected chi connectivity index (χ2v) is 5.40. The van der Waals surface area contributed by atoms with Gasteiger partial charge in [-0.1, -0.05) is 23.7 Å². The molecule has 0 radical (unpaired) electrons. The van der Waals surface area contributed by atoms with Gasteiger partial charge in [0.2, 0.25) is 0 Å². The Morgan fingerprint density at radius 1 is 1.24 bits per heavy atom. The summed E-state index contributed by atoms with van der Waals surface area (Å²) in [4.78, 5) is 11.9. The lowest BCUT2D eigenvalue weighted by Crippen LogP contribution is -2.20. The van der Waals surface area contributed by atoms with Crippen molar-refractivity contribution in [3.8, 4) is 11.5 Å². The van der Waals surface area contributed by atoms with Gasteiger partial charge in [0.1, 0.15) is 11.5 Å². The van der Waals surface area contributed by atoms with Crippen LogP contribution in [0.15, 0.2) is 46.9 Å².